The summed E-state index contributed by atoms with van der Waals surface area (Å²) in [6.07, 6.45) is 2.51. The standard InChI is InChI=1S/C13H14BrN3OS/c1-2-10(14)12(18)16-7-9-8-19-13(17-9)11-5-3-4-6-15-11/h3-6,8,10H,2,7H2,1H3,(H,16,18). The fourth-order valence-electron chi connectivity index (χ4n) is 1.47. The lowest BCUT2D eigenvalue weighted by Gasteiger charge is -2.06. The lowest BCUT2D eigenvalue weighted by Crippen LogP contribution is -2.30. The molecule has 2 heterocycles. The predicted molar refractivity (Wildman–Crippen MR) is 80.2 cm³/mol. The molecule has 2 rings (SSSR count). The number of halogens is 1. The quantitative estimate of drug-likeness (QED) is 0.852. The number of carbonyl (C=O) groups excluding carboxylic acids is 1. The Bertz CT molecular complexity index is 544. The molecule has 6 heteroatoms. The number of nitrogens with one attached hydrogen (secondary N) is 1. The van der Waals surface area contributed by atoms with Crippen molar-refractivity contribution in [1.82, 2.24) is 15.3 Å². The lowest BCUT2D eigenvalue weighted by atomic mass is 10.3. The molecule has 1 unspecified atom stereocenters. The van der Waals surface area contributed by atoms with Gasteiger partial charge in [-0.2, -0.15) is 0 Å². The summed E-state index contributed by atoms with van der Waals surface area (Å²) < 4.78 is 0. The van der Waals surface area contributed by atoms with E-state index >= 15 is 0 Å². The highest BCUT2D eigenvalue weighted by molar-refractivity contribution is 9.10. The zero-order valence-corrected chi connectivity index (χ0v) is 12.9. The number of nitrogens with zero attached hydrogens (tertiary/aromatic N) is 2. The van der Waals surface area contributed by atoms with Crippen LogP contribution in [0, 0.1) is 0 Å². The Balaban J connectivity index is 1.97. The molecule has 0 aliphatic rings. The minimum Gasteiger partial charge on any atom is -0.349 e. The maximum atomic E-state index is 11.6. The number of aromatic nitrogens is 2. The molecule has 0 bridgehead atoms. The summed E-state index contributed by atoms with van der Waals surface area (Å²) in [5, 5.41) is 5.67. The van der Waals surface area contributed by atoms with Crippen molar-refractivity contribution in [3.8, 4) is 10.7 Å². The maximum absolute atomic E-state index is 11.6. The average Bonchev–Trinajstić information content (AvgIpc) is 2.93. The topological polar surface area (TPSA) is 54.9 Å². The van der Waals surface area contributed by atoms with E-state index in [4.69, 9.17) is 0 Å². The Labute approximate surface area is 124 Å². The number of thiazole rings is 1. The molecule has 0 saturated carbocycles. The first-order valence-corrected chi connectivity index (χ1v) is 7.78. The SMILES string of the molecule is CCC(Br)C(=O)NCc1csc(-c2ccccn2)n1. The number of hydrogen-bond acceptors (Lipinski definition) is 4. The van der Waals surface area contributed by atoms with Crippen molar-refractivity contribution < 1.29 is 4.79 Å². The van der Waals surface area contributed by atoms with Gasteiger partial charge in [0.25, 0.3) is 0 Å². The van der Waals surface area contributed by atoms with Crippen molar-refractivity contribution in [2.75, 3.05) is 0 Å². The fourth-order valence-corrected chi connectivity index (χ4v) is 2.43. The van der Waals surface area contributed by atoms with Gasteiger partial charge < -0.3 is 5.32 Å². The third-order valence-electron chi connectivity index (χ3n) is 2.52. The van der Waals surface area contributed by atoms with Crippen molar-refractivity contribution in [2.45, 2.75) is 24.7 Å². The summed E-state index contributed by atoms with van der Waals surface area (Å²) in [6.45, 7) is 2.41. The maximum Gasteiger partial charge on any atom is 0.234 e. The molecule has 0 fully saturated rings. The van der Waals surface area contributed by atoms with Gasteiger partial charge in [-0.1, -0.05) is 28.9 Å². The second-order valence-electron chi connectivity index (χ2n) is 3.95. The van der Waals surface area contributed by atoms with E-state index in [2.05, 4.69) is 31.2 Å². The minimum absolute atomic E-state index is 0.00474. The highest BCUT2D eigenvalue weighted by atomic mass is 79.9. The molecule has 100 valence electrons. The number of pyridine rings is 1. The van der Waals surface area contributed by atoms with Gasteiger partial charge in [0.05, 0.1) is 22.8 Å². The van der Waals surface area contributed by atoms with Crippen molar-refractivity contribution in [3.05, 3.63) is 35.5 Å². The summed E-state index contributed by atoms with van der Waals surface area (Å²) in [5.41, 5.74) is 1.71. The van der Waals surface area contributed by atoms with Crippen LogP contribution in [0.25, 0.3) is 10.7 Å². The van der Waals surface area contributed by atoms with E-state index in [-0.39, 0.29) is 10.7 Å². The van der Waals surface area contributed by atoms with Crippen molar-refractivity contribution >= 4 is 33.2 Å². The summed E-state index contributed by atoms with van der Waals surface area (Å²) >= 11 is 4.85. The van der Waals surface area contributed by atoms with E-state index in [1.54, 1.807) is 6.20 Å². The van der Waals surface area contributed by atoms with E-state index in [0.717, 1.165) is 22.8 Å². The minimum atomic E-state index is -0.138. The number of rotatable bonds is 5. The first-order chi connectivity index (χ1) is 9.20. The van der Waals surface area contributed by atoms with Crippen LogP contribution in [0.2, 0.25) is 0 Å². The van der Waals surface area contributed by atoms with Crippen LogP contribution in [0.5, 0.6) is 0 Å². The van der Waals surface area contributed by atoms with Crippen LogP contribution in [0.3, 0.4) is 0 Å². The summed E-state index contributed by atoms with van der Waals surface area (Å²) in [4.78, 5) is 20.2. The molecule has 0 aromatic carbocycles. The van der Waals surface area contributed by atoms with Crippen LogP contribution in [0.15, 0.2) is 29.8 Å². The smallest absolute Gasteiger partial charge is 0.234 e. The normalized spacial score (nSPS) is 12.1. The second kappa shape index (κ2) is 6.77. The van der Waals surface area contributed by atoms with Crippen molar-refractivity contribution in [2.24, 2.45) is 0 Å². The van der Waals surface area contributed by atoms with E-state index < -0.39 is 0 Å². The first kappa shape index (κ1) is 14.1. The van der Waals surface area contributed by atoms with Crippen LogP contribution >= 0.6 is 27.3 Å². The highest BCUT2D eigenvalue weighted by Crippen LogP contribution is 2.21. The largest absolute Gasteiger partial charge is 0.349 e. The Morgan fingerprint density at radius 2 is 2.37 bits per heavy atom. The Hall–Kier alpha value is -1.27. The monoisotopic (exact) mass is 339 g/mol. The Morgan fingerprint density at radius 1 is 1.53 bits per heavy atom. The van der Waals surface area contributed by atoms with Crippen molar-refractivity contribution in [1.29, 1.82) is 0 Å². The molecule has 4 nitrogen and oxygen atoms in total. The Morgan fingerprint density at radius 3 is 3.05 bits per heavy atom. The first-order valence-electron chi connectivity index (χ1n) is 5.98. The van der Waals surface area contributed by atoms with Crippen LogP contribution in [-0.4, -0.2) is 20.7 Å². The molecule has 2 aromatic rings. The van der Waals surface area contributed by atoms with E-state index in [1.807, 2.05) is 30.5 Å². The van der Waals surface area contributed by atoms with Crippen LogP contribution in [0.4, 0.5) is 0 Å². The van der Waals surface area contributed by atoms with Gasteiger partial charge in [-0.15, -0.1) is 11.3 Å². The molecule has 0 radical (unpaired) electrons. The van der Waals surface area contributed by atoms with Gasteiger partial charge in [0.2, 0.25) is 5.91 Å². The molecule has 0 spiro atoms. The van der Waals surface area contributed by atoms with Crippen molar-refractivity contribution in [3.63, 3.8) is 0 Å². The van der Waals surface area contributed by atoms with Crippen LogP contribution in [0.1, 0.15) is 19.0 Å². The van der Waals surface area contributed by atoms with Gasteiger partial charge in [0.1, 0.15) is 5.01 Å². The molecule has 0 aliphatic carbocycles. The van der Waals surface area contributed by atoms with E-state index in [1.165, 1.54) is 11.3 Å². The van der Waals surface area contributed by atoms with E-state index in [9.17, 15) is 4.79 Å². The number of alkyl halides is 1. The van der Waals surface area contributed by atoms with Gasteiger partial charge in [0.15, 0.2) is 0 Å². The lowest BCUT2D eigenvalue weighted by molar-refractivity contribution is -0.120. The highest BCUT2D eigenvalue weighted by Gasteiger charge is 2.12. The molecule has 19 heavy (non-hydrogen) atoms. The summed E-state index contributed by atoms with van der Waals surface area (Å²) in [6, 6.07) is 5.73. The summed E-state index contributed by atoms with van der Waals surface area (Å²) in [5.74, 6) is -0.00474. The van der Waals surface area contributed by atoms with Crippen LogP contribution < -0.4 is 5.32 Å². The number of carbonyl (C=O) groups is 1. The fraction of sp³-hybridized carbons (Fsp3) is 0.308. The molecular weight excluding hydrogens is 326 g/mol. The predicted octanol–water partition coefficient (Wildman–Crippen LogP) is 2.99. The van der Waals surface area contributed by atoms with Crippen LogP contribution in [-0.2, 0) is 11.3 Å². The van der Waals surface area contributed by atoms with Gasteiger partial charge in [-0.05, 0) is 18.6 Å². The van der Waals surface area contributed by atoms with Gasteiger partial charge in [0, 0.05) is 11.6 Å². The molecule has 0 saturated heterocycles. The second-order valence-corrected chi connectivity index (χ2v) is 5.92. The van der Waals surface area contributed by atoms with Gasteiger partial charge in [-0.25, -0.2) is 4.98 Å². The zero-order chi connectivity index (χ0) is 13.7. The van der Waals surface area contributed by atoms with Gasteiger partial charge >= 0.3 is 0 Å². The Kier molecular flexibility index (Phi) is 5.04. The molecule has 0 aliphatic heterocycles. The zero-order valence-electron chi connectivity index (χ0n) is 10.5. The third-order valence-corrected chi connectivity index (χ3v) is 4.50. The number of amides is 1. The molecule has 2 aromatic heterocycles. The molecule has 1 atom stereocenters. The molecule has 1 N–H and O–H groups in total. The number of hydrogen-bond donors (Lipinski definition) is 1. The molecule has 1 amide bonds. The molecular formula is C13H14BrN3OS. The van der Waals surface area contributed by atoms with E-state index in [0.29, 0.717) is 6.54 Å². The average molecular weight is 340 g/mol. The third kappa shape index (κ3) is 3.84. The summed E-state index contributed by atoms with van der Waals surface area (Å²) in [7, 11) is 0. The van der Waals surface area contributed by atoms with Gasteiger partial charge in [-0.3, -0.25) is 9.78 Å².